The van der Waals surface area contributed by atoms with Gasteiger partial charge in [0.25, 0.3) is 5.56 Å². The van der Waals surface area contributed by atoms with Crippen LogP contribution in [0.4, 0.5) is 0 Å². The summed E-state index contributed by atoms with van der Waals surface area (Å²) in [6, 6.07) is -0.220. The monoisotopic (exact) mass is 298 g/mol. The summed E-state index contributed by atoms with van der Waals surface area (Å²) < 4.78 is 0. The highest BCUT2D eigenvalue weighted by molar-refractivity contribution is 7.98. The molecular formula is C12H18N4O3S. The topological polar surface area (TPSA) is 114 Å². The predicted octanol–water partition coefficient (Wildman–Crippen LogP) is -0.574. The summed E-state index contributed by atoms with van der Waals surface area (Å²) in [5.41, 5.74) is 1.69. The second-order valence-electron chi connectivity index (χ2n) is 4.46. The van der Waals surface area contributed by atoms with Crippen molar-refractivity contribution in [1.82, 2.24) is 20.3 Å². The Kier molecular flexibility index (Phi) is 5.18. The Bertz CT molecular complexity index is 612. The van der Waals surface area contributed by atoms with Crippen LogP contribution in [-0.2, 0) is 6.54 Å². The highest BCUT2D eigenvalue weighted by Crippen LogP contribution is 2.12. The summed E-state index contributed by atoms with van der Waals surface area (Å²) in [4.78, 5) is 21.1. The molecule has 0 aromatic carbocycles. The Morgan fingerprint density at radius 3 is 3.00 bits per heavy atom. The molecule has 2 atom stereocenters. The fourth-order valence-electron chi connectivity index (χ4n) is 1.99. The molecule has 0 aliphatic heterocycles. The molecule has 0 aliphatic carbocycles. The smallest absolute Gasteiger partial charge is 0.275 e. The lowest BCUT2D eigenvalue weighted by molar-refractivity contribution is 0.0689. The maximum absolute atomic E-state index is 11.6. The van der Waals surface area contributed by atoms with Crippen molar-refractivity contribution in [3.05, 3.63) is 28.4 Å². The van der Waals surface area contributed by atoms with Crippen LogP contribution in [0.5, 0.6) is 0 Å². The number of fused-ring (bicyclic) bond motifs is 1. The van der Waals surface area contributed by atoms with E-state index < -0.39 is 6.10 Å². The second kappa shape index (κ2) is 6.89. The molecule has 0 unspecified atom stereocenters. The molecule has 2 heterocycles. The summed E-state index contributed by atoms with van der Waals surface area (Å²) in [5, 5.41) is 21.9. The molecule has 0 amide bonds. The number of rotatable bonds is 7. The third kappa shape index (κ3) is 3.21. The van der Waals surface area contributed by atoms with Crippen molar-refractivity contribution in [2.45, 2.75) is 18.7 Å². The van der Waals surface area contributed by atoms with E-state index in [0.717, 1.165) is 5.56 Å². The van der Waals surface area contributed by atoms with Crippen LogP contribution in [0.15, 0.2) is 17.3 Å². The molecule has 2 aromatic rings. The van der Waals surface area contributed by atoms with Crippen LogP contribution in [0.25, 0.3) is 11.0 Å². The van der Waals surface area contributed by atoms with Crippen LogP contribution in [0.3, 0.4) is 0 Å². The maximum Gasteiger partial charge on any atom is 0.275 e. The van der Waals surface area contributed by atoms with E-state index >= 15 is 0 Å². The number of hydrogen-bond acceptors (Lipinski definition) is 6. The second-order valence-corrected chi connectivity index (χ2v) is 5.37. The van der Waals surface area contributed by atoms with E-state index in [1.807, 2.05) is 6.26 Å². The minimum absolute atomic E-state index is 0.211. The average molecular weight is 298 g/mol. The van der Waals surface area contributed by atoms with Gasteiger partial charge in [-0.2, -0.15) is 11.8 Å². The number of nitrogens with zero attached hydrogens (tertiary/aromatic N) is 1. The molecular weight excluding hydrogens is 280 g/mol. The van der Waals surface area contributed by atoms with Gasteiger partial charge in [-0.3, -0.25) is 4.79 Å². The molecule has 0 bridgehead atoms. The minimum atomic E-state index is -0.816. The summed E-state index contributed by atoms with van der Waals surface area (Å²) in [7, 11) is 0. The number of aliphatic hydroxyl groups excluding tert-OH is 2. The normalized spacial score (nSPS) is 14.6. The zero-order valence-corrected chi connectivity index (χ0v) is 11.9. The first kappa shape index (κ1) is 15.0. The van der Waals surface area contributed by atoms with E-state index in [2.05, 4.69) is 20.3 Å². The number of hydrogen-bond donors (Lipinski definition) is 5. The minimum Gasteiger partial charge on any atom is -0.394 e. The van der Waals surface area contributed by atoms with Gasteiger partial charge < -0.3 is 25.5 Å². The van der Waals surface area contributed by atoms with Gasteiger partial charge in [0, 0.05) is 30.1 Å². The van der Waals surface area contributed by atoms with Gasteiger partial charge in [-0.15, -0.1) is 0 Å². The van der Waals surface area contributed by atoms with E-state index in [1.165, 1.54) is 6.33 Å². The zero-order chi connectivity index (χ0) is 14.5. The number of nitrogens with one attached hydrogen (secondary N) is 3. The average Bonchev–Trinajstić information content (AvgIpc) is 2.87. The van der Waals surface area contributed by atoms with Crippen LogP contribution in [0.1, 0.15) is 5.56 Å². The van der Waals surface area contributed by atoms with Gasteiger partial charge in [0.15, 0.2) is 0 Å². The van der Waals surface area contributed by atoms with Crippen molar-refractivity contribution >= 4 is 22.8 Å². The van der Waals surface area contributed by atoms with Gasteiger partial charge in [0.2, 0.25) is 0 Å². The van der Waals surface area contributed by atoms with Crippen molar-refractivity contribution in [3.8, 4) is 0 Å². The number of aromatic nitrogens is 3. The molecule has 110 valence electrons. The Balaban J connectivity index is 2.12. The summed E-state index contributed by atoms with van der Waals surface area (Å²) in [6.07, 6.45) is 4.21. The van der Waals surface area contributed by atoms with Crippen molar-refractivity contribution in [1.29, 1.82) is 0 Å². The number of aliphatic hydroxyl groups is 2. The predicted molar refractivity (Wildman–Crippen MR) is 78.8 cm³/mol. The number of thioether (sulfide) groups is 1. The van der Waals surface area contributed by atoms with E-state index in [4.69, 9.17) is 5.11 Å². The molecule has 0 aliphatic rings. The lowest BCUT2D eigenvalue weighted by atomic mass is 10.2. The summed E-state index contributed by atoms with van der Waals surface area (Å²) in [6.45, 7) is 0.169. The fraction of sp³-hybridized carbons (Fsp3) is 0.500. The Hall–Kier alpha value is -1.35. The highest BCUT2D eigenvalue weighted by Gasteiger charge is 2.18. The SMILES string of the molecule is CSC[C@@H](NCc1c[nH]c2c(=O)[nH]cnc12)[C@H](O)CO. The first-order valence-electron chi connectivity index (χ1n) is 6.22. The van der Waals surface area contributed by atoms with Gasteiger partial charge in [-0.25, -0.2) is 4.98 Å². The zero-order valence-electron chi connectivity index (χ0n) is 11.1. The molecule has 8 heteroatoms. The van der Waals surface area contributed by atoms with Gasteiger partial charge >= 0.3 is 0 Å². The fourth-order valence-corrected chi connectivity index (χ4v) is 2.69. The Morgan fingerprint density at radius 1 is 1.50 bits per heavy atom. The lowest BCUT2D eigenvalue weighted by Gasteiger charge is -2.21. The van der Waals surface area contributed by atoms with Gasteiger partial charge in [-0.1, -0.05) is 0 Å². The van der Waals surface area contributed by atoms with E-state index in [0.29, 0.717) is 23.3 Å². The largest absolute Gasteiger partial charge is 0.394 e. The first-order valence-corrected chi connectivity index (χ1v) is 7.61. The lowest BCUT2D eigenvalue weighted by Crippen LogP contribution is -2.43. The number of H-pyrrole nitrogens is 2. The Labute approximate surface area is 119 Å². The molecule has 0 radical (unpaired) electrons. The van der Waals surface area contributed by atoms with E-state index in [1.54, 1.807) is 18.0 Å². The Morgan fingerprint density at radius 2 is 2.30 bits per heavy atom. The van der Waals surface area contributed by atoms with Crippen LogP contribution in [0, 0.1) is 0 Å². The van der Waals surface area contributed by atoms with Crippen LogP contribution < -0.4 is 10.9 Å². The van der Waals surface area contributed by atoms with Crippen molar-refractivity contribution in [2.24, 2.45) is 0 Å². The molecule has 7 nitrogen and oxygen atoms in total. The molecule has 5 N–H and O–H groups in total. The van der Waals surface area contributed by atoms with Crippen molar-refractivity contribution in [3.63, 3.8) is 0 Å². The van der Waals surface area contributed by atoms with Crippen molar-refractivity contribution in [2.75, 3.05) is 18.6 Å². The third-order valence-corrected chi connectivity index (χ3v) is 3.79. The van der Waals surface area contributed by atoms with Crippen LogP contribution in [0.2, 0.25) is 0 Å². The van der Waals surface area contributed by atoms with Gasteiger partial charge in [0.1, 0.15) is 5.52 Å². The molecule has 0 spiro atoms. The highest BCUT2D eigenvalue weighted by atomic mass is 32.2. The summed E-state index contributed by atoms with van der Waals surface area (Å²) in [5.74, 6) is 0.679. The standard InChI is InChI=1S/C12H18N4O3S/c1-20-5-8(9(18)4-17)13-2-7-3-14-11-10(7)15-6-16-12(11)19/h3,6,8-9,13-14,17-18H,2,4-5H2,1H3,(H,15,16,19)/t8-,9-/m1/s1. The third-order valence-electron chi connectivity index (χ3n) is 3.10. The van der Waals surface area contributed by atoms with Crippen LogP contribution in [-0.4, -0.2) is 55.9 Å². The molecule has 20 heavy (non-hydrogen) atoms. The number of aromatic amines is 2. The molecule has 0 fully saturated rings. The van der Waals surface area contributed by atoms with Crippen LogP contribution >= 0.6 is 11.8 Å². The summed E-state index contributed by atoms with van der Waals surface area (Å²) >= 11 is 1.58. The molecule has 0 saturated heterocycles. The molecule has 2 aromatic heterocycles. The molecule has 0 saturated carbocycles. The molecule has 2 rings (SSSR count). The van der Waals surface area contributed by atoms with E-state index in [9.17, 15) is 9.90 Å². The van der Waals surface area contributed by atoms with Gasteiger partial charge in [0.05, 0.1) is 24.6 Å². The maximum atomic E-state index is 11.6. The first-order chi connectivity index (χ1) is 9.67. The van der Waals surface area contributed by atoms with Gasteiger partial charge in [-0.05, 0) is 6.26 Å². The van der Waals surface area contributed by atoms with Crippen molar-refractivity contribution < 1.29 is 10.2 Å². The van der Waals surface area contributed by atoms with E-state index in [-0.39, 0.29) is 18.2 Å². The quantitative estimate of drug-likeness (QED) is 0.467.